The lowest BCUT2D eigenvalue weighted by molar-refractivity contribution is -0.00913. The molecular formula is C21H24FN5O2S. The number of piperidine rings is 2. The second-order valence-corrected chi connectivity index (χ2v) is 9.20. The van der Waals surface area contributed by atoms with Gasteiger partial charge in [-0.1, -0.05) is 23.4 Å². The maximum atomic E-state index is 15.0. The number of alkyl halides is 1. The van der Waals surface area contributed by atoms with Crippen molar-refractivity contribution in [3.05, 3.63) is 36.2 Å². The third-order valence-electron chi connectivity index (χ3n) is 6.08. The summed E-state index contributed by atoms with van der Waals surface area (Å²) in [7, 11) is 0. The smallest absolute Gasteiger partial charge is 0.294 e. The fourth-order valence-corrected chi connectivity index (χ4v) is 5.19. The summed E-state index contributed by atoms with van der Waals surface area (Å²) < 4.78 is 22.6. The minimum absolute atomic E-state index is 0.0805. The summed E-state index contributed by atoms with van der Waals surface area (Å²) in [6.07, 6.45) is 2.96. The Balaban J connectivity index is 1.33. The molecule has 158 valence electrons. The molecule has 2 saturated heterocycles. The molecule has 2 bridgehead atoms. The van der Waals surface area contributed by atoms with Crippen LogP contribution in [0.15, 0.2) is 30.5 Å². The van der Waals surface area contributed by atoms with Gasteiger partial charge >= 0.3 is 0 Å². The Morgan fingerprint density at radius 1 is 1.27 bits per heavy atom. The van der Waals surface area contributed by atoms with Gasteiger partial charge in [0, 0.05) is 30.8 Å². The van der Waals surface area contributed by atoms with Gasteiger partial charge in [-0.25, -0.2) is 9.07 Å². The molecule has 5 atom stereocenters. The van der Waals surface area contributed by atoms with E-state index < -0.39 is 12.3 Å². The zero-order valence-electron chi connectivity index (χ0n) is 16.8. The predicted octanol–water partition coefficient (Wildman–Crippen LogP) is 3.65. The number of aromatic nitrogens is 4. The molecule has 2 aromatic heterocycles. The van der Waals surface area contributed by atoms with E-state index in [0.29, 0.717) is 28.1 Å². The maximum Gasteiger partial charge on any atom is 0.294 e. The number of nitrogens with zero attached hydrogens (tertiary/aromatic N) is 4. The summed E-state index contributed by atoms with van der Waals surface area (Å²) in [4.78, 5) is 0. The van der Waals surface area contributed by atoms with E-state index in [1.165, 1.54) is 11.3 Å². The number of aromatic hydroxyl groups is 1. The number of ether oxygens (including phenoxy) is 1. The predicted molar refractivity (Wildman–Crippen MR) is 112 cm³/mol. The van der Waals surface area contributed by atoms with Gasteiger partial charge in [0.25, 0.3) is 5.19 Å². The first-order valence-corrected chi connectivity index (χ1v) is 11.1. The molecule has 5 rings (SSSR count). The molecule has 5 unspecified atom stereocenters. The summed E-state index contributed by atoms with van der Waals surface area (Å²) in [6.45, 7) is 3.99. The van der Waals surface area contributed by atoms with Gasteiger partial charge in [-0.2, -0.15) is 5.10 Å². The molecule has 2 fully saturated rings. The summed E-state index contributed by atoms with van der Waals surface area (Å²) in [5.74, 6) is 0.374. The second-order valence-electron chi connectivity index (χ2n) is 8.26. The first-order valence-electron chi connectivity index (χ1n) is 10.2. The van der Waals surface area contributed by atoms with Gasteiger partial charge in [-0.3, -0.25) is 0 Å². The summed E-state index contributed by atoms with van der Waals surface area (Å²) in [6, 6.07) is 7.29. The average molecular weight is 430 g/mol. The number of rotatable bonds is 4. The maximum absolute atomic E-state index is 15.0. The molecule has 0 radical (unpaired) electrons. The van der Waals surface area contributed by atoms with E-state index in [1.54, 1.807) is 16.8 Å². The van der Waals surface area contributed by atoms with Crippen molar-refractivity contribution in [3.63, 3.8) is 0 Å². The topological polar surface area (TPSA) is 85.1 Å². The highest BCUT2D eigenvalue weighted by Gasteiger charge is 2.44. The highest BCUT2D eigenvalue weighted by molar-refractivity contribution is 7.16. The van der Waals surface area contributed by atoms with Gasteiger partial charge in [0.2, 0.25) is 0 Å². The third-order valence-corrected chi connectivity index (χ3v) is 6.93. The molecule has 0 saturated carbocycles. The molecule has 4 heterocycles. The second kappa shape index (κ2) is 7.63. The first kappa shape index (κ1) is 19.4. The molecule has 2 N–H and O–H groups in total. The standard InChI is InChI=1S/C21H24FN5O2S/c1-11-3-4-13-9-17(18(22)19(11)23-13)29-21-25-24-20(30-21)15-6-5-14(10-16(15)28)27-8-7-12(2)26-27/h5-8,10-11,13,17-19,23,28H,3-4,9H2,1-2H3. The minimum atomic E-state index is -1.07. The minimum Gasteiger partial charge on any atom is -0.507 e. The number of phenols is 1. The van der Waals surface area contributed by atoms with Crippen LogP contribution in [-0.4, -0.2) is 49.4 Å². The molecule has 9 heteroatoms. The van der Waals surface area contributed by atoms with E-state index in [0.717, 1.165) is 24.2 Å². The fraction of sp³-hybridized carbons (Fsp3) is 0.476. The van der Waals surface area contributed by atoms with Crippen LogP contribution in [0.5, 0.6) is 10.9 Å². The quantitative estimate of drug-likeness (QED) is 0.659. The molecular weight excluding hydrogens is 405 g/mol. The number of phenolic OH excluding ortho intramolecular Hbond substituents is 1. The van der Waals surface area contributed by atoms with Crippen molar-refractivity contribution >= 4 is 11.3 Å². The molecule has 30 heavy (non-hydrogen) atoms. The van der Waals surface area contributed by atoms with Gasteiger partial charge in [0.05, 0.1) is 16.9 Å². The molecule has 1 aromatic carbocycles. The Kier molecular flexibility index (Phi) is 4.94. The van der Waals surface area contributed by atoms with Gasteiger partial charge in [-0.05, 0) is 43.9 Å². The molecule has 3 aromatic rings. The first-order chi connectivity index (χ1) is 14.5. The molecule has 2 aliphatic rings. The van der Waals surface area contributed by atoms with Gasteiger partial charge in [-0.15, -0.1) is 5.10 Å². The Bertz CT molecular complexity index is 1050. The van der Waals surface area contributed by atoms with Crippen molar-refractivity contribution in [2.45, 2.75) is 57.5 Å². The summed E-state index contributed by atoms with van der Waals surface area (Å²) in [5, 5.41) is 27.4. The van der Waals surface area contributed by atoms with E-state index in [9.17, 15) is 9.50 Å². The number of hydrogen-bond donors (Lipinski definition) is 2. The van der Waals surface area contributed by atoms with Crippen molar-refractivity contribution in [2.75, 3.05) is 0 Å². The van der Waals surface area contributed by atoms with E-state index >= 15 is 0 Å². The molecule has 0 amide bonds. The van der Waals surface area contributed by atoms with Gasteiger partial charge in [0.1, 0.15) is 11.9 Å². The lowest BCUT2D eigenvalue weighted by Crippen LogP contribution is -2.61. The highest BCUT2D eigenvalue weighted by Crippen LogP contribution is 2.38. The number of benzene rings is 1. The highest BCUT2D eigenvalue weighted by atomic mass is 32.1. The normalized spacial score (nSPS) is 28.4. The Hall–Kier alpha value is -2.52. The van der Waals surface area contributed by atoms with Crippen LogP contribution in [0, 0.1) is 12.8 Å². The number of hydrogen-bond acceptors (Lipinski definition) is 7. The van der Waals surface area contributed by atoms with Crippen LogP contribution in [-0.2, 0) is 0 Å². The van der Waals surface area contributed by atoms with Crippen LogP contribution in [0.2, 0.25) is 0 Å². The molecule has 7 nitrogen and oxygen atoms in total. The van der Waals surface area contributed by atoms with E-state index in [-0.39, 0.29) is 17.8 Å². The van der Waals surface area contributed by atoms with Crippen LogP contribution < -0.4 is 10.1 Å². The summed E-state index contributed by atoms with van der Waals surface area (Å²) >= 11 is 1.22. The number of nitrogens with one attached hydrogen (secondary N) is 1. The van der Waals surface area contributed by atoms with Crippen LogP contribution in [0.4, 0.5) is 4.39 Å². The Morgan fingerprint density at radius 2 is 2.13 bits per heavy atom. The van der Waals surface area contributed by atoms with Crippen molar-refractivity contribution in [1.82, 2.24) is 25.3 Å². The molecule has 0 aliphatic carbocycles. The summed E-state index contributed by atoms with van der Waals surface area (Å²) in [5.41, 5.74) is 2.20. The van der Waals surface area contributed by atoms with Crippen molar-refractivity contribution in [2.24, 2.45) is 5.92 Å². The van der Waals surface area contributed by atoms with Gasteiger partial charge < -0.3 is 15.2 Å². The van der Waals surface area contributed by atoms with E-state index in [1.807, 2.05) is 25.3 Å². The van der Waals surface area contributed by atoms with Crippen molar-refractivity contribution < 1.29 is 14.2 Å². The zero-order chi connectivity index (χ0) is 20.8. The van der Waals surface area contributed by atoms with E-state index in [2.05, 4.69) is 27.5 Å². The Morgan fingerprint density at radius 3 is 2.90 bits per heavy atom. The van der Waals surface area contributed by atoms with E-state index in [4.69, 9.17) is 4.74 Å². The van der Waals surface area contributed by atoms with Crippen LogP contribution >= 0.6 is 11.3 Å². The number of aryl methyl sites for hydroxylation is 1. The lowest BCUT2D eigenvalue weighted by Gasteiger charge is -2.45. The third kappa shape index (κ3) is 3.56. The largest absolute Gasteiger partial charge is 0.507 e. The van der Waals surface area contributed by atoms with Gasteiger partial charge in [0.15, 0.2) is 11.2 Å². The fourth-order valence-electron chi connectivity index (χ4n) is 4.41. The monoisotopic (exact) mass is 429 g/mol. The zero-order valence-corrected chi connectivity index (χ0v) is 17.6. The number of fused-ring (bicyclic) bond motifs is 2. The average Bonchev–Trinajstić information content (AvgIpc) is 3.37. The van der Waals surface area contributed by atoms with Crippen molar-refractivity contribution in [1.29, 1.82) is 0 Å². The SMILES string of the molecule is Cc1ccn(-c2ccc(-c3nnc(OC4CC5CCC(C)C(N5)C4F)s3)c(O)c2)n1. The molecule has 2 aliphatic heterocycles. The van der Waals surface area contributed by atoms with Crippen molar-refractivity contribution in [3.8, 4) is 27.2 Å². The van der Waals surface area contributed by atoms with Crippen LogP contribution in [0.3, 0.4) is 0 Å². The Labute approximate surface area is 177 Å². The lowest BCUT2D eigenvalue weighted by atomic mass is 9.78. The van der Waals surface area contributed by atoms with Crippen LogP contribution in [0.25, 0.3) is 16.3 Å². The number of halogens is 1. The molecule has 0 spiro atoms. The van der Waals surface area contributed by atoms with Crippen LogP contribution in [0.1, 0.15) is 31.9 Å².